The number of methoxy groups -OCH3 is 1. The Kier molecular flexibility index (Phi) is 5.34. The predicted octanol–water partition coefficient (Wildman–Crippen LogP) is 1.28. The fourth-order valence-corrected chi connectivity index (χ4v) is 3.56. The molecule has 8 heteroatoms. The molecule has 144 valence electrons. The summed E-state index contributed by atoms with van der Waals surface area (Å²) < 4.78 is 12.4. The van der Waals surface area contributed by atoms with E-state index in [1.54, 1.807) is 29.1 Å². The first kappa shape index (κ1) is 18.8. The van der Waals surface area contributed by atoms with Gasteiger partial charge in [0.25, 0.3) is 0 Å². The van der Waals surface area contributed by atoms with E-state index >= 15 is 0 Å². The number of nitrogens with zero attached hydrogens (tertiary/aromatic N) is 3. The summed E-state index contributed by atoms with van der Waals surface area (Å²) >= 11 is 0. The van der Waals surface area contributed by atoms with Gasteiger partial charge >= 0.3 is 0 Å². The molecule has 1 saturated heterocycles. The van der Waals surface area contributed by atoms with Crippen LogP contribution < -0.4 is 5.32 Å². The number of carbonyl (C=O) groups is 2. The Morgan fingerprint density at radius 2 is 2.15 bits per heavy atom. The third-order valence-electron chi connectivity index (χ3n) is 5.18. The largest absolute Gasteiger partial charge is 0.384 e. The van der Waals surface area contributed by atoms with E-state index in [0.717, 1.165) is 19.3 Å². The van der Waals surface area contributed by atoms with Crippen molar-refractivity contribution in [1.82, 2.24) is 14.7 Å². The van der Waals surface area contributed by atoms with Crippen LogP contribution in [0.5, 0.6) is 0 Å². The van der Waals surface area contributed by atoms with Gasteiger partial charge < -0.3 is 19.7 Å². The van der Waals surface area contributed by atoms with Gasteiger partial charge in [0.2, 0.25) is 11.8 Å². The number of morpholine rings is 1. The lowest BCUT2D eigenvalue weighted by Gasteiger charge is -2.39. The molecule has 1 N–H and O–H groups in total. The second-order valence-corrected chi connectivity index (χ2v) is 7.87. The van der Waals surface area contributed by atoms with E-state index in [9.17, 15) is 9.59 Å². The van der Waals surface area contributed by atoms with E-state index < -0.39 is 5.41 Å². The highest BCUT2D eigenvalue weighted by atomic mass is 16.5. The third kappa shape index (κ3) is 4.07. The lowest BCUT2D eigenvalue weighted by Crippen LogP contribution is -2.51. The number of aromatic nitrogens is 2. The average molecular weight is 364 g/mol. The van der Waals surface area contributed by atoms with Crippen LogP contribution in [0.3, 0.4) is 0 Å². The molecule has 2 amide bonds. The normalized spacial score (nSPS) is 21.1. The number of hydrogen-bond donors (Lipinski definition) is 1. The molecule has 8 nitrogen and oxygen atoms in total. The summed E-state index contributed by atoms with van der Waals surface area (Å²) in [4.78, 5) is 26.8. The van der Waals surface area contributed by atoms with Crippen LogP contribution in [0.25, 0.3) is 0 Å². The van der Waals surface area contributed by atoms with Crippen LogP contribution in [0.15, 0.2) is 12.4 Å². The van der Waals surface area contributed by atoms with Crippen molar-refractivity contribution >= 4 is 17.5 Å². The summed E-state index contributed by atoms with van der Waals surface area (Å²) in [5.41, 5.74) is -0.144. The molecule has 3 rings (SSSR count). The van der Waals surface area contributed by atoms with E-state index in [1.807, 2.05) is 13.8 Å². The van der Waals surface area contributed by atoms with Gasteiger partial charge in [-0.2, -0.15) is 5.10 Å². The van der Waals surface area contributed by atoms with Gasteiger partial charge in [-0.25, -0.2) is 0 Å². The van der Waals surface area contributed by atoms with E-state index in [2.05, 4.69) is 10.4 Å². The Labute approximate surface area is 153 Å². The molecule has 1 aromatic heterocycles. The van der Waals surface area contributed by atoms with Crippen LogP contribution >= 0.6 is 0 Å². The fourth-order valence-electron chi connectivity index (χ4n) is 3.56. The molecule has 1 saturated carbocycles. The minimum Gasteiger partial charge on any atom is -0.384 e. The number of carbonyl (C=O) groups excluding carboxylic acids is 2. The first-order chi connectivity index (χ1) is 12.3. The van der Waals surface area contributed by atoms with Crippen LogP contribution in [0.2, 0.25) is 0 Å². The minimum atomic E-state index is -0.425. The monoisotopic (exact) mass is 364 g/mol. The van der Waals surface area contributed by atoms with E-state index in [0.29, 0.717) is 32.0 Å². The van der Waals surface area contributed by atoms with Crippen LogP contribution in [-0.4, -0.2) is 65.5 Å². The number of anilines is 1. The average Bonchev–Trinajstić information content (AvgIpc) is 2.96. The molecule has 2 heterocycles. The molecule has 1 aliphatic carbocycles. The van der Waals surface area contributed by atoms with Gasteiger partial charge in [-0.05, 0) is 26.7 Å². The zero-order chi connectivity index (χ0) is 18.8. The molecule has 0 atom stereocenters. The maximum Gasteiger partial charge on any atom is 0.244 e. The first-order valence-corrected chi connectivity index (χ1v) is 9.08. The topological polar surface area (TPSA) is 85.7 Å². The Morgan fingerprint density at radius 1 is 1.38 bits per heavy atom. The summed E-state index contributed by atoms with van der Waals surface area (Å²) in [5.74, 6) is -0.0383. The van der Waals surface area contributed by atoms with Crippen LogP contribution in [0, 0.1) is 5.41 Å². The summed E-state index contributed by atoms with van der Waals surface area (Å²) in [7, 11) is 1.61. The van der Waals surface area contributed by atoms with Crippen molar-refractivity contribution in [3.05, 3.63) is 12.4 Å². The first-order valence-electron chi connectivity index (χ1n) is 9.08. The molecular formula is C18H28N4O4. The van der Waals surface area contributed by atoms with E-state index in [1.165, 1.54) is 0 Å². The number of hydrogen-bond acceptors (Lipinski definition) is 5. The van der Waals surface area contributed by atoms with Gasteiger partial charge in [0.1, 0.15) is 6.54 Å². The van der Waals surface area contributed by atoms with Crippen LogP contribution in [0.1, 0.15) is 33.1 Å². The molecule has 1 aliphatic heterocycles. The highest BCUT2D eigenvalue weighted by Gasteiger charge is 2.44. The Balaban J connectivity index is 1.56. The lowest BCUT2D eigenvalue weighted by atomic mass is 9.68. The zero-order valence-corrected chi connectivity index (χ0v) is 15.8. The minimum absolute atomic E-state index is 0.00259. The second-order valence-electron chi connectivity index (χ2n) is 7.87. The van der Waals surface area contributed by atoms with E-state index in [-0.39, 0.29) is 24.0 Å². The molecular weight excluding hydrogens is 336 g/mol. The third-order valence-corrected chi connectivity index (χ3v) is 5.18. The molecule has 0 aromatic carbocycles. The fraction of sp³-hybridized carbons (Fsp3) is 0.722. The molecule has 2 aliphatic rings. The zero-order valence-electron chi connectivity index (χ0n) is 15.8. The molecule has 1 aromatic rings. The van der Waals surface area contributed by atoms with Crippen LogP contribution in [-0.2, 0) is 25.6 Å². The smallest absolute Gasteiger partial charge is 0.244 e. The number of amides is 2. The number of rotatable bonds is 6. The highest BCUT2D eigenvalue weighted by molar-refractivity contribution is 5.95. The van der Waals surface area contributed by atoms with Crippen molar-refractivity contribution in [2.24, 2.45) is 5.41 Å². The second kappa shape index (κ2) is 7.36. The van der Waals surface area contributed by atoms with Gasteiger partial charge in [0.15, 0.2) is 0 Å². The quantitative estimate of drug-likeness (QED) is 0.822. The summed E-state index contributed by atoms with van der Waals surface area (Å²) in [6, 6.07) is 0. The Bertz CT molecular complexity index is 666. The Morgan fingerprint density at radius 3 is 2.77 bits per heavy atom. The molecule has 2 fully saturated rings. The van der Waals surface area contributed by atoms with Crippen molar-refractivity contribution < 1.29 is 19.1 Å². The summed E-state index contributed by atoms with van der Waals surface area (Å²) in [6.45, 7) is 6.23. The number of nitrogens with one attached hydrogen (secondary N) is 1. The maximum atomic E-state index is 12.5. The van der Waals surface area contributed by atoms with Crippen molar-refractivity contribution in [3.8, 4) is 0 Å². The van der Waals surface area contributed by atoms with Crippen molar-refractivity contribution in [3.63, 3.8) is 0 Å². The van der Waals surface area contributed by atoms with Crippen molar-refractivity contribution in [2.75, 3.05) is 38.7 Å². The highest BCUT2D eigenvalue weighted by Crippen LogP contribution is 2.42. The predicted molar refractivity (Wildman–Crippen MR) is 95.6 cm³/mol. The van der Waals surface area contributed by atoms with Crippen LogP contribution in [0.4, 0.5) is 5.69 Å². The van der Waals surface area contributed by atoms with Gasteiger partial charge in [-0.1, -0.05) is 6.42 Å². The summed E-state index contributed by atoms with van der Waals surface area (Å²) in [6.07, 6.45) is 5.99. The Hall–Kier alpha value is -1.93. The van der Waals surface area contributed by atoms with Gasteiger partial charge in [-0.15, -0.1) is 0 Å². The molecule has 0 radical (unpaired) electrons. The van der Waals surface area contributed by atoms with Crippen molar-refractivity contribution in [2.45, 2.75) is 45.3 Å². The molecule has 0 spiro atoms. The standard InChI is InChI=1S/C18H28N4O4/c1-17(2)12-21(7-8-26-17)15(23)11-22-10-14(9-19-22)20-16(24)18(13-25-3)5-4-6-18/h9-10H,4-8,11-13H2,1-3H3,(H,20,24). The van der Waals surface area contributed by atoms with Gasteiger partial charge in [-0.3, -0.25) is 14.3 Å². The molecule has 26 heavy (non-hydrogen) atoms. The van der Waals surface area contributed by atoms with Gasteiger partial charge in [0, 0.05) is 26.4 Å². The van der Waals surface area contributed by atoms with Crippen molar-refractivity contribution in [1.29, 1.82) is 0 Å². The lowest BCUT2D eigenvalue weighted by molar-refractivity contribution is -0.146. The van der Waals surface area contributed by atoms with Gasteiger partial charge in [0.05, 0.1) is 36.1 Å². The maximum absolute atomic E-state index is 12.5. The molecule has 0 bridgehead atoms. The SMILES string of the molecule is COCC1(C(=O)Nc2cnn(CC(=O)N3CCOC(C)(C)C3)c2)CCC1. The number of ether oxygens (including phenoxy) is 2. The molecule has 0 unspecified atom stereocenters. The summed E-state index contributed by atoms with van der Waals surface area (Å²) in [5, 5.41) is 7.11. The van der Waals surface area contributed by atoms with E-state index in [4.69, 9.17) is 9.47 Å².